The van der Waals surface area contributed by atoms with Crippen LogP contribution < -0.4 is 4.72 Å². The van der Waals surface area contributed by atoms with Gasteiger partial charge in [-0.2, -0.15) is 0 Å². The third-order valence-electron chi connectivity index (χ3n) is 3.41. The molecular weight excluding hydrogens is 284 g/mol. The summed E-state index contributed by atoms with van der Waals surface area (Å²) in [6.45, 7) is 7.44. The molecule has 2 rings (SSSR count). The Labute approximate surface area is 126 Å². The zero-order valence-corrected chi connectivity index (χ0v) is 13.5. The van der Waals surface area contributed by atoms with E-state index in [9.17, 15) is 8.42 Å². The Morgan fingerprint density at radius 1 is 1.05 bits per heavy atom. The van der Waals surface area contributed by atoms with Crippen molar-refractivity contribution in [3.05, 3.63) is 58.9 Å². The van der Waals surface area contributed by atoms with Crippen LogP contribution in [-0.2, 0) is 10.0 Å². The van der Waals surface area contributed by atoms with E-state index in [0.717, 1.165) is 22.3 Å². The summed E-state index contributed by atoms with van der Waals surface area (Å²) in [5, 5.41) is 0. The summed E-state index contributed by atoms with van der Waals surface area (Å²) in [4.78, 5) is 4.31. The second-order valence-electron chi connectivity index (χ2n) is 5.35. The van der Waals surface area contributed by atoms with E-state index in [0.29, 0.717) is 4.90 Å². The van der Waals surface area contributed by atoms with Gasteiger partial charge in [-0.3, -0.25) is 4.98 Å². The van der Waals surface area contributed by atoms with E-state index in [-0.39, 0.29) is 6.04 Å². The van der Waals surface area contributed by atoms with Gasteiger partial charge in [0, 0.05) is 18.4 Å². The highest BCUT2D eigenvalue weighted by molar-refractivity contribution is 7.89. The maximum absolute atomic E-state index is 12.6. The molecule has 2 aromatic rings. The van der Waals surface area contributed by atoms with Gasteiger partial charge in [0.2, 0.25) is 10.0 Å². The third-order valence-corrected chi connectivity index (χ3v) is 5.26. The summed E-state index contributed by atoms with van der Waals surface area (Å²) < 4.78 is 28.0. The molecule has 5 heteroatoms. The van der Waals surface area contributed by atoms with Gasteiger partial charge in [0.25, 0.3) is 0 Å². The summed E-state index contributed by atoms with van der Waals surface area (Å²) in [6, 6.07) is 7.08. The maximum atomic E-state index is 12.6. The highest BCUT2D eigenvalue weighted by Crippen LogP contribution is 2.23. The lowest BCUT2D eigenvalue weighted by molar-refractivity contribution is 0.565. The first-order chi connectivity index (χ1) is 9.81. The van der Waals surface area contributed by atoms with Crippen LogP contribution in [0.25, 0.3) is 0 Å². The quantitative estimate of drug-likeness (QED) is 0.944. The number of aromatic nitrogens is 1. The van der Waals surface area contributed by atoms with E-state index >= 15 is 0 Å². The van der Waals surface area contributed by atoms with Crippen molar-refractivity contribution in [3.63, 3.8) is 0 Å². The number of rotatable bonds is 4. The first kappa shape index (κ1) is 15.7. The Morgan fingerprint density at radius 2 is 1.57 bits per heavy atom. The number of benzene rings is 1. The van der Waals surface area contributed by atoms with Crippen LogP contribution in [0.4, 0.5) is 0 Å². The number of sulfonamides is 1. The van der Waals surface area contributed by atoms with Crippen LogP contribution in [0.3, 0.4) is 0 Å². The number of pyridine rings is 1. The minimum absolute atomic E-state index is 0.307. The number of hydrogen-bond acceptors (Lipinski definition) is 3. The molecule has 1 atom stereocenters. The average molecular weight is 304 g/mol. The van der Waals surface area contributed by atoms with Crippen molar-refractivity contribution in [2.75, 3.05) is 0 Å². The predicted octanol–water partition coefficient (Wildman–Crippen LogP) is 3.05. The lowest BCUT2D eigenvalue weighted by Crippen LogP contribution is -2.28. The van der Waals surface area contributed by atoms with Gasteiger partial charge in [0.05, 0.1) is 4.90 Å². The first-order valence-corrected chi connectivity index (χ1v) is 8.29. The van der Waals surface area contributed by atoms with Crippen molar-refractivity contribution in [1.82, 2.24) is 9.71 Å². The molecule has 0 fully saturated rings. The largest absolute Gasteiger partial charge is 0.265 e. The first-order valence-electron chi connectivity index (χ1n) is 6.81. The summed E-state index contributed by atoms with van der Waals surface area (Å²) in [5.41, 5.74) is 3.48. The summed E-state index contributed by atoms with van der Waals surface area (Å²) in [7, 11) is -3.56. The van der Waals surface area contributed by atoms with Crippen LogP contribution >= 0.6 is 0 Å². The molecule has 0 aliphatic heterocycles. The van der Waals surface area contributed by atoms with Gasteiger partial charge >= 0.3 is 0 Å². The Bertz CT molecular complexity index is 717. The van der Waals surface area contributed by atoms with Crippen molar-refractivity contribution in [1.29, 1.82) is 0 Å². The lowest BCUT2D eigenvalue weighted by Gasteiger charge is -2.17. The molecule has 0 amide bonds. The van der Waals surface area contributed by atoms with Crippen molar-refractivity contribution >= 4 is 10.0 Å². The third kappa shape index (κ3) is 3.49. The average Bonchev–Trinajstić information content (AvgIpc) is 2.37. The Balaban J connectivity index is 2.36. The molecule has 1 unspecified atom stereocenters. The minimum atomic E-state index is -3.56. The van der Waals surface area contributed by atoms with Gasteiger partial charge in [-0.25, -0.2) is 13.1 Å². The second-order valence-corrected chi connectivity index (χ2v) is 7.00. The Hall–Kier alpha value is -1.72. The molecule has 112 valence electrons. The fourth-order valence-corrected chi connectivity index (χ4v) is 4.29. The minimum Gasteiger partial charge on any atom is -0.265 e. The van der Waals surface area contributed by atoms with E-state index in [1.807, 2.05) is 52.0 Å². The fraction of sp³-hybridized carbons (Fsp3) is 0.312. The molecule has 4 nitrogen and oxygen atoms in total. The highest BCUT2D eigenvalue weighted by atomic mass is 32.2. The SMILES string of the molecule is Cc1cc(C)c(S(=O)(=O)NC(C)c2ccncc2)c(C)c1. The van der Waals surface area contributed by atoms with Gasteiger partial charge < -0.3 is 0 Å². The summed E-state index contributed by atoms with van der Waals surface area (Å²) in [5.74, 6) is 0. The van der Waals surface area contributed by atoms with Crippen molar-refractivity contribution in [2.24, 2.45) is 0 Å². The smallest absolute Gasteiger partial charge is 0.241 e. The van der Waals surface area contributed by atoms with Crippen LogP contribution in [0.5, 0.6) is 0 Å². The van der Waals surface area contributed by atoms with Crippen molar-refractivity contribution in [3.8, 4) is 0 Å². The molecule has 0 bridgehead atoms. The molecule has 1 N–H and O–H groups in total. The molecule has 21 heavy (non-hydrogen) atoms. The van der Waals surface area contributed by atoms with Crippen LogP contribution in [0.2, 0.25) is 0 Å². The summed E-state index contributed by atoms with van der Waals surface area (Å²) >= 11 is 0. The number of nitrogens with zero attached hydrogens (tertiary/aromatic N) is 1. The molecule has 0 saturated heterocycles. The van der Waals surface area contributed by atoms with Gasteiger partial charge in [-0.1, -0.05) is 17.7 Å². The highest BCUT2D eigenvalue weighted by Gasteiger charge is 2.22. The van der Waals surface area contributed by atoms with E-state index in [1.165, 1.54) is 0 Å². The van der Waals surface area contributed by atoms with Crippen LogP contribution in [0, 0.1) is 20.8 Å². The molecule has 0 spiro atoms. The number of nitrogens with one attached hydrogen (secondary N) is 1. The van der Waals surface area contributed by atoms with Crippen LogP contribution in [0.15, 0.2) is 41.6 Å². The second kappa shape index (κ2) is 5.95. The topological polar surface area (TPSA) is 59.1 Å². The van der Waals surface area contributed by atoms with Gasteiger partial charge in [0.15, 0.2) is 0 Å². The lowest BCUT2D eigenvalue weighted by atomic mass is 10.1. The van der Waals surface area contributed by atoms with Gasteiger partial charge in [0.1, 0.15) is 0 Å². The zero-order valence-electron chi connectivity index (χ0n) is 12.7. The van der Waals surface area contributed by atoms with Gasteiger partial charge in [-0.15, -0.1) is 0 Å². The number of aryl methyl sites for hydroxylation is 3. The van der Waals surface area contributed by atoms with Crippen LogP contribution in [0.1, 0.15) is 35.2 Å². The summed E-state index contributed by atoms with van der Waals surface area (Å²) in [6.07, 6.45) is 3.31. The molecule has 1 heterocycles. The number of hydrogen-bond donors (Lipinski definition) is 1. The standard InChI is InChI=1S/C16H20N2O2S/c1-11-9-12(2)16(13(3)10-11)21(19,20)18-14(4)15-5-7-17-8-6-15/h5-10,14,18H,1-4H3. The molecule has 0 radical (unpaired) electrons. The molecular formula is C16H20N2O2S. The van der Waals surface area contributed by atoms with Gasteiger partial charge in [-0.05, 0) is 56.5 Å². The molecule has 0 aliphatic carbocycles. The van der Waals surface area contributed by atoms with E-state index in [1.54, 1.807) is 12.4 Å². The predicted molar refractivity (Wildman–Crippen MR) is 83.6 cm³/mol. The van der Waals surface area contributed by atoms with E-state index < -0.39 is 10.0 Å². The zero-order chi connectivity index (χ0) is 15.6. The molecule has 1 aromatic carbocycles. The van der Waals surface area contributed by atoms with E-state index in [4.69, 9.17) is 0 Å². The molecule has 1 aromatic heterocycles. The normalized spacial score (nSPS) is 13.1. The Morgan fingerprint density at radius 3 is 2.10 bits per heavy atom. The van der Waals surface area contributed by atoms with Crippen LogP contribution in [-0.4, -0.2) is 13.4 Å². The fourth-order valence-electron chi connectivity index (χ4n) is 2.60. The monoisotopic (exact) mass is 304 g/mol. The maximum Gasteiger partial charge on any atom is 0.241 e. The van der Waals surface area contributed by atoms with Crippen molar-refractivity contribution in [2.45, 2.75) is 38.6 Å². The molecule has 0 saturated carbocycles. The van der Waals surface area contributed by atoms with Crippen molar-refractivity contribution < 1.29 is 8.42 Å². The van der Waals surface area contributed by atoms with E-state index in [2.05, 4.69) is 9.71 Å². The molecule has 0 aliphatic rings. The Kier molecular flexibility index (Phi) is 4.44.